The fourth-order valence-electron chi connectivity index (χ4n) is 5.40. The summed E-state index contributed by atoms with van der Waals surface area (Å²) < 4.78 is 61.4. The van der Waals surface area contributed by atoms with Crippen molar-refractivity contribution in [3.63, 3.8) is 0 Å². The fraction of sp³-hybridized carbons (Fsp3) is 0.524. The van der Waals surface area contributed by atoms with Gasteiger partial charge in [0.15, 0.2) is 35.1 Å². The maximum atomic E-state index is 13.2. The molecule has 0 aliphatic carbocycles. The summed E-state index contributed by atoms with van der Waals surface area (Å²) in [4.78, 5) is 56.6. The Bertz CT molecular complexity index is 1950. The zero-order valence-corrected chi connectivity index (χ0v) is 25.1. The van der Waals surface area contributed by atoms with Crippen molar-refractivity contribution >= 4 is 49.7 Å². The predicted octanol–water partition coefficient (Wildman–Crippen LogP) is -1.88. The largest absolute Gasteiger partial charge is 0.472 e. The highest BCUT2D eigenvalue weighted by Crippen LogP contribution is 2.53. The van der Waals surface area contributed by atoms with Crippen molar-refractivity contribution in [2.45, 2.75) is 49.1 Å². The van der Waals surface area contributed by atoms with E-state index < -0.39 is 83.5 Å². The minimum Gasteiger partial charge on any atom is -0.387 e. The molecule has 248 valence electrons. The molecule has 0 aromatic carbocycles. The molecule has 0 spiro atoms. The highest BCUT2D eigenvalue weighted by Gasteiger charge is 2.54. The van der Waals surface area contributed by atoms with Gasteiger partial charge in [-0.25, -0.2) is 29.1 Å². The van der Waals surface area contributed by atoms with Crippen molar-refractivity contribution in [1.29, 1.82) is 0 Å². The zero-order chi connectivity index (χ0) is 32.5. The number of hydrogen-bond acceptors (Lipinski definition) is 18. The molecule has 4 aromatic heterocycles. The number of nitrogens with two attached hydrogens (primary N) is 1. The third-order valence-electron chi connectivity index (χ3n) is 7.54. The molecule has 23 nitrogen and oxygen atoms in total. The average Bonchev–Trinajstić information content (AvgIpc) is 3.76. The van der Waals surface area contributed by atoms with Gasteiger partial charge in [-0.1, -0.05) is 0 Å². The molecule has 10 atom stereocenters. The number of phosphoric acid groups is 2. The molecule has 3 aliphatic rings. The van der Waals surface area contributed by atoms with Crippen LogP contribution in [-0.4, -0.2) is 116 Å². The van der Waals surface area contributed by atoms with Gasteiger partial charge in [-0.15, -0.1) is 0 Å². The number of nitrogens with zero attached hydrogens (tertiary/aromatic N) is 7. The standard InChI is InChI=1S/C21H26N10O13P2/c1-23-21-28-17-10(18(34)29-21)27-6-31(17)20-14-11(32)7(41-20)2-39-45(35,36)43-13-8(3-40-46(37,38)44-14)42-19(12(13)33)30-5-26-9-15(22)24-4-25-16(9)30/h4-8,11-14,19-20,32-33H,2-3H2,1H3,(H,35,36)(H,37,38)(H2,22,24,25)(H2,23,28,29,34). The normalized spacial score (nSPS) is 37.1. The predicted molar refractivity (Wildman–Crippen MR) is 149 cm³/mol. The Hall–Kier alpha value is -3.44. The summed E-state index contributed by atoms with van der Waals surface area (Å²) in [7, 11) is -8.67. The van der Waals surface area contributed by atoms with Crippen LogP contribution in [0.1, 0.15) is 12.5 Å². The average molecular weight is 688 g/mol. The molecule has 2 bridgehead atoms. The first-order valence-electron chi connectivity index (χ1n) is 13.4. The van der Waals surface area contributed by atoms with Crippen LogP contribution in [0.25, 0.3) is 22.3 Å². The maximum Gasteiger partial charge on any atom is 0.472 e. The van der Waals surface area contributed by atoms with Crippen molar-refractivity contribution in [1.82, 2.24) is 39.0 Å². The number of nitrogens with one attached hydrogen (secondary N) is 2. The number of aromatic amines is 1. The Morgan fingerprint density at radius 3 is 2.24 bits per heavy atom. The van der Waals surface area contributed by atoms with Gasteiger partial charge in [0.1, 0.15) is 48.5 Å². The molecule has 8 N–H and O–H groups in total. The number of aliphatic hydroxyl groups is 2. The Morgan fingerprint density at radius 1 is 0.891 bits per heavy atom. The van der Waals surface area contributed by atoms with Crippen LogP contribution in [0, 0.1) is 0 Å². The number of rotatable bonds is 3. The number of fused-ring (bicyclic) bond motifs is 5. The summed E-state index contributed by atoms with van der Waals surface area (Å²) in [5.41, 5.74) is 5.37. The smallest absolute Gasteiger partial charge is 0.387 e. The van der Waals surface area contributed by atoms with Crippen molar-refractivity contribution in [3.05, 3.63) is 29.3 Å². The number of aromatic nitrogens is 8. The maximum absolute atomic E-state index is 13.2. The number of imidazole rings is 2. The molecular formula is C21H26N10O13P2. The fourth-order valence-corrected chi connectivity index (χ4v) is 7.29. The first kappa shape index (κ1) is 31.2. The van der Waals surface area contributed by atoms with E-state index in [1.807, 2.05) is 0 Å². The van der Waals surface area contributed by atoms with Gasteiger partial charge in [0, 0.05) is 7.05 Å². The second kappa shape index (κ2) is 11.4. The number of H-pyrrole nitrogens is 1. The van der Waals surface area contributed by atoms with E-state index in [1.165, 1.54) is 22.5 Å². The van der Waals surface area contributed by atoms with Gasteiger partial charge in [0.05, 0.1) is 25.9 Å². The molecule has 0 saturated carbocycles. The number of hydrogen-bond donors (Lipinski definition) is 7. The highest BCUT2D eigenvalue weighted by atomic mass is 31.2. The molecule has 7 heterocycles. The lowest BCUT2D eigenvalue weighted by atomic mass is 10.1. The third-order valence-corrected chi connectivity index (χ3v) is 9.51. The third kappa shape index (κ3) is 5.39. The number of ether oxygens (including phenoxy) is 2. The Balaban J connectivity index is 1.21. The SMILES string of the molecule is CNc1nc2c(ncn2C2OC3COP(=O)(O)OC4C(COP(=O)(O)OC2C3O)OC(n2cnc3c(N)ncnc32)C4O)c(=O)[nH]1. The molecule has 0 radical (unpaired) electrons. The van der Waals surface area contributed by atoms with Crippen LogP contribution < -0.4 is 16.6 Å². The molecule has 0 amide bonds. The summed E-state index contributed by atoms with van der Waals surface area (Å²) >= 11 is 0. The van der Waals surface area contributed by atoms with E-state index in [1.54, 1.807) is 0 Å². The molecular weight excluding hydrogens is 662 g/mol. The van der Waals surface area contributed by atoms with Crippen LogP contribution >= 0.6 is 15.6 Å². The monoisotopic (exact) mass is 688 g/mol. The minimum atomic E-state index is -5.11. The molecule has 3 fully saturated rings. The van der Waals surface area contributed by atoms with Crippen LogP contribution in [0.3, 0.4) is 0 Å². The zero-order valence-electron chi connectivity index (χ0n) is 23.3. The van der Waals surface area contributed by atoms with E-state index in [9.17, 15) is 33.9 Å². The van der Waals surface area contributed by atoms with Gasteiger partial charge in [-0.2, -0.15) is 4.98 Å². The highest BCUT2D eigenvalue weighted by molar-refractivity contribution is 7.47. The quantitative estimate of drug-likeness (QED) is 0.116. The molecule has 46 heavy (non-hydrogen) atoms. The summed E-state index contributed by atoms with van der Waals surface area (Å²) in [6.45, 7) is -1.63. The lowest BCUT2D eigenvalue weighted by Gasteiger charge is -2.25. The van der Waals surface area contributed by atoms with Crippen molar-refractivity contribution in [2.24, 2.45) is 0 Å². The van der Waals surface area contributed by atoms with Crippen molar-refractivity contribution in [2.75, 3.05) is 31.3 Å². The van der Waals surface area contributed by atoms with Crippen molar-refractivity contribution < 1.29 is 56.7 Å². The minimum absolute atomic E-state index is 0.0380. The summed E-state index contributed by atoms with van der Waals surface area (Å²) in [5, 5.41) is 24.9. The molecule has 25 heteroatoms. The Labute approximate surface area is 255 Å². The molecule has 3 saturated heterocycles. The topological polar surface area (TPSA) is 316 Å². The van der Waals surface area contributed by atoms with E-state index in [4.69, 9.17) is 33.3 Å². The number of nitrogen functional groups attached to an aromatic ring is 1. The van der Waals surface area contributed by atoms with Gasteiger partial charge in [-0.05, 0) is 0 Å². The molecule has 4 aromatic rings. The van der Waals surface area contributed by atoms with Crippen LogP contribution in [0.2, 0.25) is 0 Å². The van der Waals surface area contributed by atoms with Crippen LogP contribution in [0.15, 0.2) is 23.8 Å². The second-order valence-corrected chi connectivity index (χ2v) is 13.2. The Kier molecular flexibility index (Phi) is 7.70. The van der Waals surface area contributed by atoms with Crippen LogP contribution in [-0.2, 0) is 36.7 Å². The van der Waals surface area contributed by atoms with Crippen LogP contribution in [0.4, 0.5) is 11.8 Å². The first-order valence-corrected chi connectivity index (χ1v) is 16.4. The lowest BCUT2D eigenvalue weighted by molar-refractivity contribution is -0.0672. The molecule has 10 unspecified atom stereocenters. The van der Waals surface area contributed by atoms with Gasteiger partial charge >= 0.3 is 15.6 Å². The van der Waals surface area contributed by atoms with E-state index in [2.05, 4.69) is 35.2 Å². The molecule has 7 rings (SSSR count). The van der Waals surface area contributed by atoms with E-state index in [0.717, 1.165) is 12.7 Å². The molecule has 3 aliphatic heterocycles. The van der Waals surface area contributed by atoms with Crippen molar-refractivity contribution in [3.8, 4) is 0 Å². The number of aliphatic hydroxyl groups excluding tert-OH is 2. The van der Waals surface area contributed by atoms with Gasteiger partial charge in [0.25, 0.3) is 5.56 Å². The van der Waals surface area contributed by atoms with E-state index in [0.29, 0.717) is 0 Å². The summed E-state index contributed by atoms with van der Waals surface area (Å²) in [5.74, 6) is 0.0918. The number of anilines is 2. The lowest BCUT2D eigenvalue weighted by Crippen LogP contribution is -2.36. The Morgan fingerprint density at radius 2 is 1.52 bits per heavy atom. The first-order chi connectivity index (χ1) is 21.9. The van der Waals surface area contributed by atoms with E-state index >= 15 is 0 Å². The van der Waals surface area contributed by atoms with Gasteiger partial charge < -0.3 is 40.5 Å². The van der Waals surface area contributed by atoms with E-state index in [-0.39, 0.29) is 34.1 Å². The second-order valence-electron chi connectivity index (χ2n) is 10.4. The summed E-state index contributed by atoms with van der Waals surface area (Å²) in [6.07, 6.45) is -9.06. The van der Waals surface area contributed by atoms with Crippen LogP contribution in [0.5, 0.6) is 0 Å². The summed E-state index contributed by atoms with van der Waals surface area (Å²) in [6, 6.07) is 0. The number of phosphoric ester groups is 2. The van der Waals surface area contributed by atoms with Gasteiger partial charge in [0.2, 0.25) is 5.95 Å². The van der Waals surface area contributed by atoms with Gasteiger partial charge in [-0.3, -0.25) is 37.0 Å².